The van der Waals surface area contributed by atoms with Crippen LogP contribution in [0.1, 0.15) is 52.1 Å². The van der Waals surface area contributed by atoms with Gasteiger partial charge in [-0.1, -0.05) is 25.6 Å². The van der Waals surface area contributed by atoms with Crippen LogP contribution in [0.4, 0.5) is 0 Å². The van der Waals surface area contributed by atoms with E-state index in [0.717, 1.165) is 30.9 Å². The van der Waals surface area contributed by atoms with Crippen molar-refractivity contribution < 1.29 is 9.47 Å². The van der Waals surface area contributed by atoms with E-state index in [-0.39, 0.29) is 11.7 Å². The monoisotopic (exact) mass is 289 g/mol. The summed E-state index contributed by atoms with van der Waals surface area (Å²) in [4.78, 5) is 0. The lowest BCUT2D eigenvalue weighted by Gasteiger charge is -2.38. The first kappa shape index (κ1) is 15.9. The maximum absolute atomic E-state index is 6.14. The zero-order valence-corrected chi connectivity index (χ0v) is 13.6. The molecule has 0 saturated heterocycles. The maximum atomic E-state index is 6.14. The topological polar surface area (TPSA) is 30.5 Å². The summed E-state index contributed by atoms with van der Waals surface area (Å²) in [6.45, 7) is 13.2. The molecular formula is C18H27NO2. The van der Waals surface area contributed by atoms with Crippen LogP contribution in [0.5, 0.6) is 11.5 Å². The van der Waals surface area contributed by atoms with Gasteiger partial charge in [-0.05, 0) is 39.8 Å². The van der Waals surface area contributed by atoms with Gasteiger partial charge in [-0.3, -0.25) is 0 Å². The Hall–Kier alpha value is -1.48. The van der Waals surface area contributed by atoms with Gasteiger partial charge in [0.15, 0.2) is 0 Å². The fraction of sp³-hybridized carbons (Fsp3) is 0.556. The highest BCUT2D eigenvalue weighted by atomic mass is 16.5. The summed E-state index contributed by atoms with van der Waals surface area (Å²) in [5.74, 6) is 1.75. The molecule has 116 valence electrons. The van der Waals surface area contributed by atoms with Crippen LogP contribution < -0.4 is 14.8 Å². The minimum absolute atomic E-state index is 0.00587. The molecule has 0 radical (unpaired) electrons. The number of nitrogens with one attached hydrogen (secondary N) is 1. The fourth-order valence-corrected chi connectivity index (χ4v) is 2.67. The van der Waals surface area contributed by atoms with Crippen LogP contribution in [0, 0.1) is 0 Å². The second-order valence-electron chi connectivity index (χ2n) is 6.33. The summed E-state index contributed by atoms with van der Waals surface area (Å²) in [6.07, 6.45) is 3.89. The van der Waals surface area contributed by atoms with Crippen molar-refractivity contribution in [3.05, 3.63) is 36.4 Å². The van der Waals surface area contributed by atoms with Gasteiger partial charge < -0.3 is 14.8 Å². The molecule has 1 aliphatic heterocycles. The zero-order chi connectivity index (χ0) is 15.5. The summed E-state index contributed by atoms with van der Waals surface area (Å²) in [6, 6.07) is 6.47. The van der Waals surface area contributed by atoms with Crippen molar-refractivity contribution in [1.29, 1.82) is 0 Å². The first-order chi connectivity index (χ1) is 9.95. The normalized spacial score (nSPS) is 21.0. The lowest BCUT2D eigenvalue weighted by Crippen LogP contribution is -2.39. The van der Waals surface area contributed by atoms with Crippen molar-refractivity contribution in [3.8, 4) is 11.5 Å². The highest BCUT2D eigenvalue weighted by Gasteiger charge is 2.33. The van der Waals surface area contributed by atoms with Crippen molar-refractivity contribution >= 4 is 0 Å². The Kier molecular flexibility index (Phi) is 4.94. The van der Waals surface area contributed by atoms with E-state index < -0.39 is 0 Å². The Balaban J connectivity index is 2.25. The highest BCUT2D eigenvalue weighted by Crippen LogP contribution is 2.41. The first-order valence-electron chi connectivity index (χ1n) is 7.80. The summed E-state index contributed by atoms with van der Waals surface area (Å²) < 4.78 is 11.9. The molecule has 1 heterocycles. The Morgan fingerprint density at radius 3 is 2.95 bits per heavy atom. The molecule has 2 unspecified atom stereocenters. The minimum Gasteiger partial charge on any atom is -0.487 e. The number of benzene rings is 1. The van der Waals surface area contributed by atoms with Gasteiger partial charge in [-0.2, -0.15) is 0 Å². The Morgan fingerprint density at radius 2 is 2.29 bits per heavy atom. The van der Waals surface area contributed by atoms with E-state index in [1.54, 1.807) is 6.08 Å². The molecule has 3 nitrogen and oxygen atoms in total. The van der Waals surface area contributed by atoms with Gasteiger partial charge in [0.25, 0.3) is 0 Å². The molecule has 2 atom stereocenters. The van der Waals surface area contributed by atoms with Crippen molar-refractivity contribution in [2.24, 2.45) is 0 Å². The van der Waals surface area contributed by atoms with Crippen LogP contribution >= 0.6 is 0 Å². The third-order valence-corrected chi connectivity index (χ3v) is 3.74. The van der Waals surface area contributed by atoms with Crippen LogP contribution in [0.2, 0.25) is 0 Å². The summed E-state index contributed by atoms with van der Waals surface area (Å²) in [5.41, 5.74) is 1.06. The van der Waals surface area contributed by atoms with E-state index in [1.165, 1.54) is 5.56 Å². The van der Waals surface area contributed by atoms with Crippen LogP contribution in [-0.4, -0.2) is 18.2 Å². The second kappa shape index (κ2) is 6.52. The zero-order valence-electron chi connectivity index (χ0n) is 13.6. The smallest absolute Gasteiger partial charge is 0.128 e. The Labute approximate surface area is 128 Å². The molecule has 1 N–H and O–H groups in total. The molecule has 0 aromatic heterocycles. The number of fused-ring (bicyclic) bond motifs is 1. The van der Waals surface area contributed by atoms with Crippen molar-refractivity contribution in [2.45, 2.75) is 58.3 Å². The predicted octanol–water partition coefficient (Wildman–Crippen LogP) is 4.24. The summed E-state index contributed by atoms with van der Waals surface area (Å²) in [7, 11) is 0. The van der Waals surface area contributed by atoms with Gasteiger partial charge in [-0.25, -0.2) is 0 Å². The van der Waals surface area contributed by atoms with Crippen molar-refractivity contribution in [1.82, 2.24) is 5.32 Å². The molecule has 0 bridgehead atoms. The standard InChI is InChI=1S/C18H27NO2/c1-6-10-19-16-12-18(4,5)21-17-11-14(8-9-15(16)17)20-13(3)7-2/h7-9,11,13,16,19H,2,6,10,12H2,1,3-5H3. The van der Waals surface area contributed by atoms with Crippen molar-refractivity contribution in [2.75, 3.05) is 6.54 Å². The number of ether oxygens (including phenoxy) is 2. The molecule has 0 aliphatic carbocycles. The van der Waals surface area contributed by atoms with Gasteiger partial charge in [0.2, 0.25) is 0 Å². The van der Waals surface area contributed by atoms with Gasteiger partial charge in [0.05, 0.1) is 0 Å². The first-order valence-corrected chi connectivity index (χ1v) is 7.80. The van der Waals surface area contributed by atoms with E-state index >= 15 is 0 Å². The molecule has 2 rings (SSSR count). The quantitative estimate of drug-likeness (QED) is 0.794. The molecule has 3 heteroatoms. The SMILES string of the molecule is C=CC(C)Oc1ccc2c(c1)OC(C)(C)CC2NCCC. The minimum atomic E-state index is -0.166. The Morgan fingerprint density at radius 1 is 1.52 bits per heavy atom. The Bertz CT molecular complexity index is 496. The van der Waals surface area contributed by atoms with Crippen LogP contribution in [-0.2, 0) is 0 Å². The largest absolute Gasteiger partial charge is 0.487 e. The lowest BCUT2D eigenvalue weighted by atomic mass is 9.89. The molecule has 0 spiro atoms. The maximum Gasteiger partial charge on any atom is 0.128 e. The molecule has 1 aliphatic rings. The molecule has 0 saturated carbocycles. The third-order valence-electron chi connectivity index (χ3n) is 3.74. The average molecular weight is 289 g/mol. The number of rotatable bonds is 6. The molecule has 1 aromatic rings. The van der Waals surface area contributed by atoms with Gasteiger partial charge >= 0.3 is 0 Å². The molecule has 1 aromatic carbocycles. The summed E-state index contributed by atoms with van der Waals surface area (Å²) in [5, 5.41) is 3.62. The third kappa shape index (κ3) is 4.01. The van der Waals surface area contributed by atoms with E-state index in [1.807, 2.05) is 19.1 Å². The van der Waals surface area contributed by atoms with Gasteiger partial charge in [0.1, 0.15) is 23.2 Å². The molecule has 21 heavy (non-hydrogen) atoms. The van der Waals surface area contributed by atoms with Crippen molar-refractivity contribution in [3.63, 3.8) is 0 Å². The predicted molar refractivity (Wildman–Crippen MR) is 87.1 cm³/mol. The molecule has 0 amide bonds. The lowest BCUT2D eigenvalue weighted by molar-refractivity contribution is 0.0656. The van der Waals surface area contributed by atoms with Gasteiger partial charge in [0, 0.05) is 24.1 Å². The van der Waals surface area contributed by atoms with E-state index in [4.69, 9.17) is 9.47 Å². The highest BCUT2D eigenvalue weighted by molar-refractivity contribution is 5.44. The number of hydrogen-bond acceptors (Lipinski definition) is 3. The average Bonchev–Trinajstić information content (AvgIpc) is 2.43. The van der Waals surface area contributed by atoms with Crippen LogP contribution in [0.15, 0.2) is 30.9 Å². The van der Waals surface area contributed by atoms with E-state index in [2.05, 4.69) is 38.7 Å². The van der Waals surface area contributed by atoms with Crippen LogP contribution in [0.3, 0.4) is 0 Å². The molecule has 0 fully saturated rings. The fourth-order valence-electron chi connectivity index (χ4n) is 2.67. The van der Waals surface area contributed by atoms with E-state index in [0.29, 0.717) is 6.04 Å². The van der Waals surface area contributed by atoms with Crippen LogP contribution in [0.25, 0.3) is 0 Å². The molecular weight excluding hydrogens is 262 g/mol. The number of hydrogen-bond donors (Lipinski definition) is 1. The second-order valence-corrected chi connectivity index (χ2v) is 6.33. The summed E-state index contributed by atoms with van der Waals surface area (Å²) >= 11 is 0. The van der Waals surface area contributed by atoms with Gasteiger partial charge in [-0.15, -0.1) is 0 Å². The van der Waals surface area contributed by atoms with E-state index in [9.17, 15) is 0 Å².